The first-order valence-corrected chi connectivity index (χ1v) is 1.95. The number of rotatable bonds is 0. The second kappa shape index (κ2) is 9.58. The number of hydrogen-bond donors (Lipinski definition) is 2. The van der Waals surface area contributed by atoms with Crippen molar-refractivity contribution in [3.63, 3.8) is 0 Å². The van der Waals surface area contributed by atoms with Gasteiger partial charge in [-0.3, -0.25) is 4.46 Å². The molecule has 0 saturated carbocycles. The molecular weight excluding hydrogens is 147 g/mol. The van der Waals surface area contributed by atoms with Crippen LogP contribution in [0, 0.1) is 0 Å². The van der Waals surface area contributed by atoms with Crippen LogP contribution in [-0.4, -0.2) is 56.5 Å². The molecule has 0 heterocycles. The Morgan fingerprint density at radius 2 is 1.50 bits per heavy atom. The molecule has 36 valence electrons. The van der Waals surface area contributed by atoms with Gasteiger partial charge in [0.05, 0.1) is 0 Å². The summed E-state index contributed by atoms with van der Waals surface area (Å²) in [5.41, 5.74) is 0. The van der Waals surface area contributed by atoms with Gasteiger partial charge in [0.1, 0.15) is 0 Å². The van der Waals surface area contributed by atoms with Gasteiger partial charge >= 0.3 is 46.9 Å². The van der Waals surface area contributed by atoms with Crippen LogP contribution in [0.3, 0.4) is 0 Å². The van der Waals surface area contributed by atoms with Crippen LogP contribution >= 0.6 is 9.90 Å². The fourth-order valence-electron chi connectivity index (χ4n) is 0. The van der Waals surface area contributed by atoms with Crippen molar-refractivity contribution >= 4 is 56.8 Å². The normalized spacial score (nSPS) is 4.00. The minimum Gasteiger partial charge on any atom is -1.00 e. The second-order valence-electron chi connectivity index (χ2n) is 0.283. The van der Waals surface area contributed by atoms with Crippen LogP contribution in [0.25, 0.3) is 0 Å². The molecule has 0 aliphatic rings. The van der Waals surface area contributed by atoms with Crippen LogP contribution in [-0.2, 0) is 4.46 Å². The van der Waals surface area contributed by atoms with Crippen LogP contribution in [0.15, 0.2) is 0 Å². The summed E-state index contributed by atoms with van der Waals surface area (Å²) >= 11 is 0. The smallest absolute Gasteiger partial charge is 1.00 e. The summed E-state index contributed by atoms with van der Waals surface area (Å²) in [4.78, 5) is 14.3. The molecule has 0 aromatic rings. The molecule has 1 atom stereocenters. The van der Waals surface area contributed by atoms with E-state index in [2.05, 4.69) is 0 Å². The van der Waals surface area contributed by atoms with Gasteiger partial charge in [0.2, 0.25) is 0 Å². The Balaban J connectivity index is -0.00000000750. The van der Waals surface area contributed by atoms with Crippen molar-refractivity contribution in [3.05, 3.63) is 0 Å². The summed E-state index contributed by atoms with van der Waals surface area (Å²) < 4.78 is 8.74. The minimum atomic E-state index is -3.13. The van der Waals surface area contributed by atoms with E-state index in [1.165, 1.54) is 0 Å². The van der Waals surface area contributed by atoms with E-state index in [0.717, 1.165) is 0 Å². The van der Waals surface area contributed by atoms with Crippen LogP contribution < -0.4 is 0 Å². The predicted molar refractivity (Wildman–Crippen MR) is 30.0 cm³/mol. The van der Waals surface area contributed by atoms with Crippen LogP contribution in [0.2, 0.25) is 0 Å². The first kappa shape index (κ1) is 15.7. The molecule has 6 heteroatoms. The first-order valence-electron chi connectivity index (χ1n) is 0.651. The Morgan fingerprint density at radius 3 is 1.50 bits per heavy atom. The van der Waals surface area contributed by atoms with Crippen molar-refractivity contribution < 1.29 is 16.9 Å². The Labute approximate surface area is 73.3 Å². The van der Waals surface area contributed by atoms with Crippen molar-refractivity contribution in [1.82, 2.24) is 0 Å². The Morgan fingerprint density at radius 1 is 1.50 bits per heavy atom. The Bertz CT molecular complexity index is 40.3. The molecule has 0 radical (unpaired) electrons. The third-order valence-electron chi connectivity index (χ3n) is 0. The van der Waals surface area contributed by atoms with E-state index in [9.17, 15) is 0 Å². The zero-order chi connectivity index (χ0) is 3.58. The van der Waals surface area contributed by atoms with Gasteiger partial charge in [0.15, 0.2) is 0 Å². The van der Waals surface area contributed by atoms with Gasteiger partial charge in [-0.15, -0.1) is 0 Å². The third kappa shape index (κ3) is 57.6. The minimum absolute atomic E-state index is 0. The topological polar surface area (TPSA) is 57.5 Å². The summed E-state index contributed by atoms with van der Waals surface area (Å²) in [6, 6.07) is 0. The molecule has 0 fully saturated rings. The molecule has 3 nitrogen and oxygen atoms in total. The maximum absolute atomic E-state index is 8.74. The predicted octanol–water partition coefficient (Wildman–Crippen LogP) is -1.71. The molecule has 0 bridgehead atoms. The van der Waals surface area contributed by atoms with Gasteiger partial charge in [-0.25, -0.2) is 0 Å². The van der Waals surface area contributed by atoms with Crippen LogP contribution in [0.4, 0.5) is 0 Å². The second-order valence-corrected chi connectivity index (χ2v) is 0.848. The molecule has 0 saturated heterocycles. The molecular formula is H7CaO3PSi. The van der Waals surface area contributed by atoms with E-state index < -0.39 is 9.17 Å². The van der Waals surface area contributed by atoms with Crippen molar-refractivity contribution in [3.8, 4) is 0 Å². The van der Waals surface area contributed by atoms with Gasteiger partial charge in [-0.1, -0.05) is 0 Å². The fraction of sp³-hybridized carbons (Fsp3) is 0. The van der Waals surface area contributed by atoms with Crippen molar-refractivity contribution in [2.75, 3.05) is 0 Å². The molecule has 0 aromatic carbocycles. The molecule has 0 aliphatic carbocycles. The van der Waals surface area contributed by atoms with Crippen molar-refractivity contribution in [1.29, 1.82) is 0 Å². The summed E-state index contributed by atoms with van der Waals surface area (Å²) in [6.45, 7) is 0. The molecule has 0 aromatic heterocycles. The van der Waals surface area contributed by atoms with E-state index in [0.29, 0.717) is 0 Å². The third-order valence-corrected chi connectivity index (χ3v) is 0. The average molecular weight is 154 g/mol. The molecule has 6 heavy (non-hydrogen) atoms. The largest absolute Gasteiger partial charge is 2.00 e. The maximum atomic E-state index is 8.74. The van der Waals surface area contributed by atoms with E-state index >= 15 is 0 Å². The maximum Gasteiger partial charge on any atom is 2.00 e. The Kier molecular flexibility index (Phi) is 25.0. The standard InChI is InChI=1S/Ca.H2O3Si.H3P.2H/c;1-4(2)3;;;/h;1-2H;1H3;;/q+2;;;2*-1. The summed E-state index contributed by atoms with van der Waals surface area (Å²) in [7, 11) is -3.13. The van der Waals surface area contributed by atoms with E-state index in [1.54, 1.807) is 0 Å². The summed E-state index contributed by atoms with van der Waals surface area (Å²) in [5, 5.41) is 0. The Hall–Kier alpha value is 1.31. The van der Waals surface area contributed by atoms with Gasteiger partial charge < -0.3 is 12.4 Å². The molecule has 1 unspecified atom stereocenters. The van der Waals surface area contributed by atoms with Gasteiger partial charge in [0.25, 0.3) is 0 Å². The monoisotopic (exact) mass is 154 g/mol. The number of hydrogen-bond acceptors (Lipinski definition) is 1. The van der Waals surface area contributed by atoms with E-state index in [1.807, 2.05) is 0 Å². The van der Waals surface area contributed by atoms with Crippen LogP contribution in [0.5, 0.6) is 0 Å². The quantitative estimate of drug-likeness (QED) is 0.322. The zero-order valence-corrected chi connectivity index (χ0v) is 7.84. The van der Waals surface area contributed by atoms with Gasteiger partial charge in [0, 0.05) is 0 Å². The average Bonchev–Trinajstić information content (AvgIpc) is 0.811. The zero-order valence-electron chi connectivity index (χ0n) is 5.22. The molecule has 0 rings (SSSR count). The molecule has 0 aliphatic heterocycles. The van der Waals surface area contributed by atoms with Crippen molar-refractivity contribution in [2.24, 2.45) is 0 Å². The fourth-order valence-corrected chi connectivity index (χ4v) is 0. The first-order chi connectivity index (χ1) is 1.73. The van der Waals surface area contributed by atoms with Gasteiger partial charge in [-0.05, 0) is 0 Å². The SMILES string of the molecule is O=[Si](O)O.P.[Ca+2].[H-].[H-]. The van der Waals surface area contributed by atoms with E-state index in [4.69, 9.17) is 14.1 Å². The van der Waals surface area contributed by atoms with Crippen LogP contribution in [0.1, 0.15) is 2.85 Å². The summed E-state index contributed by atoms with van der Waals surface area (Å²) in [5.74, 6) is 0. The molecule has 2 N–H and O–H groups in total. The molecule has 0 amide bonds. The molecule has 0 spiro atoms. The van der Waals surface area contributed by atoms with Crippen molar-refractivity contribution in [2.45, 2.75) is 0 Å². The summed E-state index contributed by atoms with van der Waals surface area (Å²) in [6.07, 6.45) is 0. The van der Waals surface area contributed by atoms with Gasteiger partial charge in [-0.2, -0.15) is 9.90 Å². The van der Waals surface area contributed by atoms with E-state index in [-0.39, 0.29) is 50.5 Å².